The Labute approximate surface area is 197 Å². The Bertz CT molecular complexity index is 898. The lowest BCUT2D eigenvalue weighted by Gasteiger charge is -2.26. The van der Waals surface area contributed by atoms with Gasteiger partial charge in [-0.2, -0.15) is 5.10 Å². The molecular weight excluding hydrogens is 424 g/mol. The number of halogens is 1. The SMILES string of the molecule is CCCCCCC(=O)N(CC(=O)Nc1cc(C(C)(C)C)nn1-c1ccc(Cl)cc1)C(C)C. The average Bonchev–Trinajstić information content (AvgIpc) is 3.13. The first-order valence-corrected chi connectivity index (χ1v) is 11.9. The molecule has 0 saturated heterocycles. The van der Waals surface area contributed by atoms with Crippen molar-refractivity contribution < 1.29 is 9.59 Å². The van der Waals surface area contributed by atoms with E-state index in [0.717, 1.165) is 37.1 Å². The van der Waals surface area contributed by atoms with Gasteiger partial charge >= 0.3 is 0 Å². The van der Waals surface area contributed by atoms with Gasteiger partial charge in [-0.3, -0.25) is 9.59 Å². The van der Waals surface area contributed by atoms with E-state index in [-0.39, 0.29) is 29.8 Å². The molecule has 0 aliphatic rings. The van der Waals surface area contributed by atoms with E-state index in [9.17, 15) is 9.59 Å². The predicted octanol–water partition coefficient (Wildman–Crippen LogP) is 5.97. The van der Waals surface area contributed by atoms with Crippen LogP contribution in [-0.4, -0.2) is 39.1 Å². The number of carbonyl (C=O) groups excluding carboxylic acids is 2. The molecular formula is C25H37ClN4O2. The van der Waals surface area contributed by atoms with E-state index in [0.29, 0.717) is 17.3 Å². The van der Waals surface area contributed by atoms with Crippen molar-refractivity contribution in [2.45, 2.75) is 85.1 Å². The molecule has 1 aromatic heterocycles. The lowest BCUT2D eigenvalue weighted by molar-refractivity contribution is -0.136. The van der Waals surface area contributed by atoms with Crippen molar-refractivity contribution in [3.8, 4) is 5.69 Å². The average molecular weight is 461 g/mol. The summed E-state index contributed by atoms with van der Waals surface area (Å²) < 4.78 is 1.71. The highest BCUT2D eigenvalue weighted by Crippen LogP contribution is 2.27. The highest BCUT2D eigenvalue weighted by molar-refractivity contribution is 6.30. The van der Waals surface area contributed by atoms with Crippen molar-refractivity contribution in [2.75, 3.05) is 11.9 Å². The first-order valence-electron chi connectivity index (χ1n) is 11.5. The fourth-order valence-corrected chi connectivity index (χ4v) is 3.48. The second-order valence-corrected chi connectivity index (χ2v) is 9.96. The minimum absolute atomic E-state index is 0.0148. The third-order valence-electron chi connectivity index (χ3n) is 5.32. The summed E-state index contributed by atoms with van der Waals surface area (Å²) in [6.45, 7) is 12.3. The molecule has 176 valence electrons. The van der Waals surface area contributed by atoms with E-state index in [2.05, 4.69) is 33.0 Å². The topological polar surface area (TPSA) is 67.2 Å². The molecule has 2 aromatic rings. The Balaban J connectivity index is 2.19. The Kier molecular flexibility index (Phi) is 9.32. The number of unbranched alkanes of at least 4 members (excludes halogenated alkanes) is 3. The quantitative estimate of drug-likeness (QED) is 0.444. The number of aromatic nitrogens is 2. The van der Waals surface area contributed by atoms with Crippen LogP contribution in [0, 0.1) is 0 Å². The first kappa shape index (κ1) is 25.9. The lowest BCUT2D eigenvalue weighted by Crippen LogP contribution is -2.42. The summed E-state index contributed by atoms with van der Waals surface area (Å²) >= 11 is 6.03. The van der Waals surface area contributed by atoms with Gasteiger partial charge in [0.1, 0.15) is 12.4 Å². The van der Waals surface area contributed by atoms with Crippen LogP contribution in [0.15, 0.2) is 30.3 Å². The van der Waals surface area contributed by atoms with E-state index in [4.69, 9.17) is 16.7 Å². The van der Waals surface area contributed by atoms with Gasteiger partial charge in [-0.1, -0.05) is 58.6 Å². The summed E-state index contributed by atoms with van der Waals surface area (Å²) in [6, 6.07) is 9.14. The van der Waals surface area contributed by atoms with Gasteiger partial charge in [-0.25, -0.2) is 4.68 Å². The van der Waals surface area contributed by atoms with Crippen LogP contribution in [0.4, 0.5) is 5.82 Å². The van der Waals surface area contributed by atoms with E-state index < -0.39 is 0 Å². The van der Waals surface area contributed by atoms with E-state index in [1.807, 2.05) is 32.0 Å². The standard InChI is InChI=1S/C25H37ClN4O2/c1-7-8-9-10-11-24(32)29(18(2)3)17-23(31)27-22-16-21(25(4,5)6)28-30(22)20-14-12-19(26)13-15-20/h12-16,18H,7-11,17H2,1-6H3,(H,27,31). The zero-order valence-corrected chi connectivity index (χ0v) is 21.0. The van der Waals surface area contributed by atoms with Gasteiger partial charge in [0.15, 0.2) is 0 Å². The van der Waals surface area contributed by atoms with Gasteiger partial charge in [-0.15, -0.1) is 0 Å². The molecule has 2 amide bonds. The van der Waals surface area contributed by atoms with Gasteiger partial charge in [0.2, 0.25) is 11.8 Å². The number of hydrogen-bond acceptors (Lipinski definition) is 3. The summed E-state index contributed by atoms with van der Waals surface area (Å²) in [6.07, 6.45) is 4.62. The summed E-state index contributed by atoms with van der Waals surface area (Å²) in [7, 11) is 0. The van der Waals surface area contributed by atoms with Crippen molar-refractivity contribution in [3.05, 3.63) is 41.0 Å². The Morgan fingerprint density at radius 3 is 2.34 bits per heavy atom. The lowest BCUT2D eigenvalue weighted by atomic mass is 9.92. The molecule has 0 aliphatic heterocycles. The number of amides is 2. The summed E-state index contributed by atoms with van der Waals surface area (Å²) in [5, 5.41) is 8.32. The molecule has 7 heteroatoms. The normalized spacial score (nSPS) is 11.6. The third-order valence-corrected chi connectivity index (χ3v) is 5.57. The molecule has 0 bridgehead atoms. The molecule has 6 nitrogen and oxygen atoms in total. The predicted molar refractivity (Wildman–Crippen MR) is 132 cm³/mol. The van der Waals surface area contributed by atoms with E-state index in [1.54, 1.807) is 21.7 Å². The Morgan fingerprint density at radius 1 is 1.12 bits per heavy atom. The van der Waals surface area contributed by atoms with Crippen LogP contribution < -0.4 is 5.32 Å². The molecule has 1 aromatic carbocycles. The van der Waals surface area contributed by atoms with Crippen LogP contribution >= 0.6 is 11.6 Å². The van der Waals surface area contributed by atoms with Crippen molar-refractivity contribution in [1.29, 1.82) is 0 Å². The molecule has 0 saturated carbocycles. The molecule has 0 atom stereocenters. The Morgan fingerprint density at radius 2 is 1.78 bits per heavy atom. The maximum Gasteiger partial charge on any atom is 0.245 e. The zero-order chi connectivity index (χ0) is 23.9. The molecule has 0 unspecified atom stereocenters. The number of hydrogen-bond donors (Lipinski definition) is 1. The molecule has 0 radical (unpaired) electrons. The molecule has 1 heterocycles. The maximum atomic E-state index is 12.9. The van der Waals surface area contributed by atoms with E-state index >= 15 is 0 Å². The molecule has 0 fully saturated rings. The van der Waals surface area contributed by atoms with Gasteiger partial charge in [0, 0.05) is 29.0 Å². The van der Waals surface area contributed by atoms with Crippen LogP contribution in [0.25, 0.3) is 5.69 Å². The van der Waals surface area contributed by atoms with Gasteiger partial charge < -0.3 is 10.2 Å². The van der Waals surface area contributed by atoms with Crippen molar-refractivity contribution in [1.82, 2.24) is 14.7 Å². The van der Waals surface area contributed by atoms with Crippen LogP contribution in [0.3, 0.4) is 0 Å². The molecule has 0 spiro atoms. The fraction of sp³-hybridized carbons (Fsp3) is 0.560. The molecule has 1 N–H and O–H groups in total. The minimum atomic E-state index is -0.240. The fourth-order valence-electron chi connectivity index (χ4n) is 3.36. The highest BCUT2D eigenvalue weighted by Gasteiger charge is 2.24. The smallest absolute Gasteiger partial charge is 0.245 e. The maximum absolute atomic E-state index is 12.9. The van der Waals surface area contributed by atoms with Crippen molar-refractivity contribution >= 4 is 29.2 Å². The highest BCUT2D eigenvalue weighted by atomic mass is 35.5. The zero-order valence-electron chi connectivity index (χ0n) is 20.2. The largest absolute Gasteiger partial charge is 0.331 e. The Hall–Kier alpha value is -2.34. The summed E-state index contributed by atoms with van der Waals surface area (Å²) in [5.41, 5.74) is 1.47. The monoisotopic (exact) mass is 460 g/mol. The second kappa shape index (κ2) is 11.5. The number of nitrogens with zero attached hydrogens (tertiary/aromatic N) is 3. The van der Waals surface area contributed by atoms with E-state index in [1.165, 1.54) is 0 Å². The molecule has 0 aliphatic carbocycles. The van der Waals surface area contributed by atoms with Crippen molar-refractivity contribution in [2.24, 2.45) is 0 Å². The minimum Gasteiger partial charge on any atom is -0.331 e. The van der Waals surface area contributed by atoms with Crippen LogP contribution in [-0.2, 0) is 15.0 Å². The molecule has 32 heavy (non-hydrogen) atoms. The van der Waals surface area contributed by atoms with Crippen LogP contribution in [0.1, 0.15) is 79.3 Å². The number of carbonyl (C=O) groups is 2. The van der Waals surface area contributed by atoms with Gasteiger partial charge in [0.05, 0.1) is 11.4 Å². The van der Waals surface area contributed by atoms with Crippen LogP contribution in [0.5, 0.6) is 0 Å². The molecule has 2 rings (SSSR count). The number of nitrogens with one attached hydrogen (secondary N) is 1. The summed E-state index contributed by atoms with van der Waals surface area (Å²) in [4.78, 5) is 27.3. The van der Waals surface area contributed by atoms with Crippen molar-refractivity contribution in [3.63, 3.8) is 0 Å². The number of benzene rings is 1. The van der Waals surface area contributed by atoms with Gasteiger partial charge in [-0.05, 0) is 44.5 Å². The second-order valence-electron chi connectivity index (χ2n) is 9.53. The first-order chi connectivity index (χ1) is 15.0. The van der Waals surface area contributed by atoms with Crippen LogP contribution in [0.2, 0.25) is 5.02 Å². The number of anilines is 1. The summed E-state index contributed by atoms with van der Waals surface area (Å²) in [5.74, 6) is 0.352. The third kappa shape index (κ3) is 7.37. The number of rotatable bonds is 10. The van der Waals surface area contributed by atoms with Gasteiger partial charge in [0.25, 0.3) is 0 Å².